The van der Waals surface area contributed by atoms with Crippen LogP contribution in [-0.2, 0) is 4.79 Å². The molecule has 2 bridgehead atoms. The summed E-state index contributed by atoms with van der Waals surface area (Å²) in [5, 5.41) is 5.24. The Morgan fingerprint density at radius 1 is 1.20 bits per heavy atom. The van der Waals surface area contributed by atoms with Crippen LogP contribution < -0.4 is 5.32 Å². The second-order valence-electron chi connectivity index (χ2n) is 8.18. The average Bonchev–Trinajstić information content (AvgIpc) is 3.38. The molecule has 4 nitrogen and oxygen atoms in total. The topological polar surface area (TPSA) is 49.4 Å². The molecule has 1 aromatic heterocycles. The molecule has 25 heavy (non-hydrogen) atoms. The Kier molecular flexibility index (Phi) is 4.85. The van der Waals surface area contributed by atoms with Gasteiger partial charge in [0, 0.05) is 25.0 Å². The van der Waals surface area contributed by atoms with E-state index in [0.717, 1.165) is 29.6 Å². The van der Waals surface area contributed by atoms with Crippen molar-refractivity contribution in [1.82, 2.24) is 10.2 Å². The van der Waals surface area contributed by atoms with E-state index in [2.05, 4.69) is 12.2 Å². The number of nitrogens with one attached hydrogen (secondary N) is 1. The number of hydrogen-bond donors (Lipinski definition) is 1. The van der Waals surface area contributed by atoms with Crippen molar-refractivity contribution in [2.24, 2.45) is 23.7 Å². The van der Waals surface area contributed by atoms with E-state index in [1.807, 2.05) is 22.4 Å². The summed E-state index contributed by atoms with van der Waals surface area (Å²) in [6, 6.07) is 4.09. The number of piperidine rings is 1. The maximum absolute atomic E-state index is 12.7. The summed E-state index contributed by atoms with van der Waals surface area (Å²) in [4.78, 5) is 27.8. The maximum Gasteiger partial charge on any atom is 0.263 e. The first-order chi connectivity index (χ1) is 12.1. The van der Waals surface area contributed by atoms with Gasteiger partial charge in [-0.3, -0.25) is 9.59 Å². The van der Waals surface area contributed by atoms with Crippen LogP contribution in [0.15, 0.2) is 17.5 Å². The van der Waals surface area contributed by atoms with E-state index in [-0.39, 0.29) is 17.7 Å². The first kappa shape index (κ1) is 17.1. The quantitative estimate of drug-likeness (QED) is 0.893. The number of nitrogens with zero attached hydrogens (tertiary/aromatic N) is 1. The Labute approximate surface area is 154 Å². The van der Waals surface area contributed by atoms with Crippen LogP contribution in [0.2, 0.25) is 0 Å². The molecule has 5 heteroatoms. The van der Waals surface area contributed by atoms with Crippen molar-refractivity contribution in [3.05, 3.63) is 22.4 Å². The van der Waals surface area contributed by atoms with Crippen molar-refractivity contribution < 1.29 is 9.59 Å². The summed E-state index contributed by atoms with van der Waals surface area (Å²) in [5.74, 6) is 2.82. The van der Waals surface area contributed by atoms with Crippen LogP contribution >= 0.6 is 11.3 Å². The van der Waals surface area contributed by atoms with Crippen LogP contribution in [-0.4, -0.2) is 35.8 Å². The van der Waals surface area contributed by atoms with Gasteiger partial charge in [-0.15, -0.1) is 11.3 Å². The number of rotatable bonds is 4. The van der Waals surface area contributed by atoms with Gasteiger partial charge < -0.3 is 10.2 Å². The first-order valence-corrected chi connectivity index (χ1v) is 10.6. The molecule has 2 heterocycles. The minimum atomic E-state index is 0.0634. The molecule has 2 aliphatic carbocycles. The van der Waals surface area contributed by atoms with Gasteiger partial charge in [-0.2, -0.15) is 0 Å². The summed E-state index contributed by atoms with van der Waals surface area (Å²) in [6.45, 7) is 3.58. The van der Waals surface area contributed by atoms with E-state index < -0.39 is 0 Å². The van der Waals surface area contributed by atoms with E-state index in [1.165, 1.54) is 37.0 Å². The van der Waals surface area contributed by atoms with Gasteiger partial charge >= 0.3 is 0 Å². The van der Waals surface area contributed by atoms with E-state index in [4.69, 9.17) is 0 Å². The van der Waals surface area contributed by atoms with E-state index in [9.17, 15) is 9.59 Å². The molecule has 1 N–H and O–H groups in total. The van der Waals surface area contributed by atoms with Gasteiger partial charge in [0.15, 0.2) is 0 Å². The molecule has 4 atom stereocenters. The molecule has 0 unspecified atom stereocenters. The SMILES string of the molecule is C[C@H](NC(=O)C1CCN(C(=O)c2cccs2)CC1)[C@@H]1C[C@H]2CC[C@H]1C2. The summed E-state index contributed by atoms with van der Waals surface area (Å²) in [6.07, 6.45) is 7.02. The zero-order chi connectivity index (χ0) is 17.4. The lowest BCUT2D eigenvalue weighted by Crippen LogP contribution is -2.47. The van der Waals surface area contributed by atoms with E-state index in [0.29, 0.717) is 25.0 Å². The third-order valence-electron chi connectivity index (χ3n) is 6.69. The van der Waals surface area contributed by atoms with Crippen LogP contribution in [0, 0.1) is 23.7 Å². The molecule has 3 aliphatic rings. The Morgan fingerprint density at radius 3 is 2.60 bits per heavy atom. The minimum absolute atomic E-state index is 0.0634. The van der Waals surface area contributed by atoms with Gasteiger partial charge in [-0.05, 0) is 68.2 Å². The van der Waals surface area contributed by atoms with Crippen LogP contribution in [0.5, 0.6) is 0 Å². The molecule has 0 spiro atoms. The molecule has 0 aromatic carbocycles. The molecule has 1 saturated heterocycles. The van der Waals surface area contributed by atoms with Crippen LogP contribution in [0.3, 0.4) is 0 Å². The zero-order valence-corrected chi connectivity index (χ0v) is 15.8. The molecule has 2 saturated carbocycles. The highest BCUT2D eigenvalue weighted by Gasteiger charge is 2.42. The lowest BCUT2D eigenvalue weighted by atomic mass is 9.83. The van der Waals surface area contributed by atoms with Crippen LogP contribution in [0.1, 0.15) is 55.1 Å². The first-order valence-electron chi connectivity index (χ1n) is 9.75. The molecule has 0 radical (unpaired) electrons. The second-order valence-corrected chi connectivity index (χ2v) is 9.13. The molecular formula is C20H28N2O2S. The van der Waals surface area contributed by atoms with Crippen LogP contribution in [0.4, 0.5) is 0 Å². The molecule has 1 aliphatic heterocycles. The van der Waals surface area contributed by atoms with Crippen molar-refractivity contribution in [2.45, 2.75) is 51.5 Å². The maximum atomic E-state index is 12.7. The van der Waals surface area contributed by atoms with Crippen molar-refractivity contribution in [3.8, 4) is 0 Å². The Morgan fingerprint density at radius 2 is 2.00 bits per heavy atom. The third kappa shape index (κ3) is 3.48. The minimum Gasteiger partial charge on any atom is -0.353 e. The number of hydrogen-bond acceptors (Lipinski definition) is 3. The second kappa shape index (κ2) is 7.10. The largest absolute Gasteiger partial charge is 0.353 e. The molecule has 136 valence electrons. The predicted molar refractivity (Wildman–Crippen MR) is 99.5 cm³/mol. The molecular weight excluding hydrogens is 332 g/mol. The van der Waals surface area contributed by atoms with Gasteiger partial charge in [-0.1, -0.05) is 12.5 Å². The molecule has 3 fully saturated rings. The van der Waals surface area contributed by atoms with Gasteiger partial charge in [0.05, 0.1) is 4.88 Å². The number of carbonyl (C=O) groups excluding carboxylic acids is 2. The van der Waals surface area contributed by atoms with Gasteiger partial charge in [0.1, 0.15) is 0 Å². The lowest BCUT2D eigenvalue weighted by molar-refractivity contribution is -0.127. The van der Waals surface area contributed by atoms with Crippen LogP contribution in [0.25, 0.3) is 0 Å². The summed E-state index contributed by atoms with van der Waals surface area (Å²) < 4.78 is 0. The third-order valence-corrected chi connectivity index (χ3v) is 7.55. The highest BCUT2D eigenvalue weighted by molar-refractivity contribution is 7.12. The standard InChI is InChI=1S/C20H28N2O2S/c1-13(17-12-14-4-5-16(17)11-14)21-19(23)15-6-8-22(9-7-15)20(24)18-3-2-10-25-18/h2-3,10,13-17H,4-9,11-12H2,1H3,(H,21,23)/t13-,14-,16-,17-/m0/s1. The number of fused-ring (bicyclic) bond motifs is 2. The van der Waals surface area contributed by atoms with E-state index >= 15 is 0 Å². The highest BCUT2D eigenvalue weighted by Crippen LogP contribution is 2.49. The fourth-order valence-corrected chi connectivity index (χ4v) is 5.95. The number of thiophene rings is 1. The zero-order valence-electron chi connectivity index (χ0n) is 14.9. The summed E-state index contributed by atoms with van der Waals surface area (Å²) >= 11 is 1.49. The van der Waals surface area contributed by atoms with E-state index in [1.54, 1.807) is 0 Å². The normalized spacial score (nSPS) is 30.4. The van der Waals surface area contributed by atoms with Gasteiger partial charge in [0.2, 0.25) is 5.91 Å². The van der Waals surface area contributed by atoms with Crippen molar-refractivity contribution in [2.75, 3.05) is 13.1 Å². The smallest absolute Gasteiger partial charge is 0.263 e. The number of carbonyl (C=O) groups is 2. The molecule has 4 rings (SSSR count). The highest BCUT2D eigenvalue weighted by atomic mass is 32.1. The predicted octanol–water partition coefficient (Wildman–Crippen LogP) is 3.54. The summed E-state index contributed by atoms with van der Waals surface area (Å²) in [7, 11) is 0. The Bertz CT molecular complexity index is 622. The average molecular weight is 361 g/mol. The fourth-order valence-electron chi connectivity index (χ4n) is 5.26. The fraction of sp³-hybridized carbons (Fsp3) is 0.700. The summed E-state index contributed by atoms with van der Waals surface area (Å²) in [5.41, 5.74) is 0. The number of amides is 2. The molecule has 1 aromatic rings. The molecule has 2 amide bonds. The Hall–Kier alpha value is -1.36. The Balaban J connectivity index is 1.26. The monoisotopic (exact) mass is 360 g/mol. The van der Waals surface area contributed by atoms with Crippen molar-refractivity contribution >= 4 is 23.2 Å². The van der Waals surface area contributed by atoms with Crippen molar-refractivity contribution in [1.29, 1.82) is 0 Å². The number of likely N-dealkylation sites (tertiary alicyclic amines) is 1. The van der Waals surface area contributed by atoms with Crippen molar-refractivity contribution in [3.63, 3.8) is 0 Å². The van der Waals surface area contributed by atoms with Gasteiger partial charge in [-0.25, -0.2) is 0 Å². The van der Waals surface area contributed by atoms with Gasteiger partial charge in [0.25, 0.3) is 5.91 Å². The lowest BCUT2D eigenvalue weighted by Gasteiger charge is -2.33.